The summed E-state index contributed by atoms with van der Waals surface area (Å²) < 4.78 is 5.15. The van der Waals surface area contributed by atoms with E-state index in [-0.39, 0.29) is 0 Å². The Hall–Kier alpha value is -0.0800. The lowest BCUT2D eigenvalue weighted by Crippen LogP contribution is -2.43. The second-order valence-corrected chi connectivity index (χ2v) is 5.90. The molecule has 2 saturated carbocycles. The summed E-state index contributed by atoms with van der Waals surface area (Å²) in [5.74, 6) is 1.98. The van der Waals surface area contributed by atoms with Crippen LogP contribution in [0.1, 0.15) is 57.8 Å². The summed E-state index contributed by atoms with van der Waals surface area (Å²) in [4.78, 5) is 0. The number of methoxy groups -OCH3 is 1. The van der Waals surface area contributed by atoms with Gasteiger partial charge in [-0.25, -0.2) is 0 Å². The highest BCUT2D eigenvalue weighted by molar-refractivity contribution is 4.86. The molecule has 1 N–H and O–H groups in total. The fourth-order valence-corrected chi connectivity index (χ4v) is 3.89. The van der Waals surface area contributed by atoms with Crippen molar-refractivity contribution in [3.8, 4) is 0 Å². The summed E-state index contributed by atoms with van der Waals surface area (Å²) in [6.45, 7) is 1.89. The monoisotopic (exact) mass is 239 g/mol. The third-order valence-corrected chi connectivity index (χ3v) is 4.79. The normalized spacial score (nSPS) is 31.6. The molecule has 2 atom stereocenters. The Morgan fingerprint density at radius 1 is 0.941 bits per heavy atom. The molecule has 2 fully saturated rings. The molecule has 0 aliphatic heterocycles. The van der Waals surface area contributed by atoms with Crippen LogP contribution in [0.2, 0.25) is 0 Å². The third-order valence-electron chi connectivity index (χ3n) is 4.79. The van der Waals surface area contributed by atoms with Crippen LogP contribution in [0.25, 0.3) is 0 Å². The van der Waals surface area contributed by atoms with Crippen molar-refractivity contribution in [2.45, 2.75) is 63.8 Å². The molecule has 0 saturated heterocycles. The summed E-state index contributed by atoms with van der Waals surface area (Å²) in [5, 5.41) is 3.74. The minimum Gasteiger partial charge on any atom is -0.383 e. The van der Waals surface area contributed by atoms with Gasteiger partial charge in [0.25, 0.3) is 0 Å². The second kappa shape index (κ2) is 7.38. The molecule has 0 radical (unpaired) electrons. The molecule has 100 valence electrons. The van der Waals surface area contributed by atoms with Gasteiger partial charge < -0.3 is 10.1 Å². The van der Waals surface area contributed by atoms with Crippen LogP contribution in [0.5, 0.6) is 0 Å². The summed E-state index contributed by atoms with van der Waals surface area (Å²) in [6, 6.07) is 0.780. The molecule has 0 heterocycles. The minimum absolute atomic E-state index is 0.780. The molecule has 2 rings (SSSR count). The van der Waals surface area contributed by atoms with Gasteiger partial charge >= 0.3 is 0 Å². The van der Waals surface area contributed by atoms with Crippen LogP contribution in [0, 0.1) is 11.8 Å². The van der Waals surface area contributed by atoms with Crippen LogP contribution < -0.4 is 5.32 Å². The van der Waals surface area contributed by atoms with Crippen LogP contribution in [0.3, 0.4) is 0 Å². The van der Waals surface area contributed by atoms with E-state index in [1.807, 2.05) is 0 Å². The number of rotatable bonds is 5. The third kappa shape index (κ3) is 3.96. The van der Waals surface area contributed by atoms with Crippen LogP contribution >= 0.6 is 0 Å². The maximum absolute atomic E-state index is 5.15. The molecule has 0 bridgehead atoms. The van der Waals surface area contributed by atoms with Crippen molar-refractivity contribution in [2.75, 3.05) is 20.3 Å². The van der Waals surface area contributed by atoms with E-state index in [1.165, 1.54) is 57.8 Å². The highest BCUT2D eigenvalue weighted by Gasteiger charge is 2.31. The maximum Gasteiger partial charge on any atom is 0.0587 e. The molecular weight excluding hydrogens is 210 g/mol. The van der Waals surface area contributed by atoms with Gasteiger partial charge in [-0.2, -0.15) is 0 Å². The summed E-state index contributed by atoms with van der Waals surface area (Å²) >= 11 is 0. The van der Waals surface area contributed by atoms with Crippen LogP contribution in [0.4, 0.5) is 0 Å². The number of hydrogen-bond donors (Lipinski definition) is 1. The Labute approximate surface area is 107 Å². The first kappa shape index (κ1) is 13.4. The predicted octanol–water partition coefficient (Wildman–Crippen LogP) is 3.36. The number of nitrogens with one attached hydrogen (secondary N) is 1. The van der Waals surface area contributed by atoms with Crippen molar-refractivity contribution in [2.24, 2.45) is 11.8 Å². The van der Waals surface area contributed by atoms with E-state index >= 15 is 0 Å². The Kier molecular flexibility index (Phi) is 5.79. The zero-order chi connectivity index (χ0) is 11.9. The van der Waals surface area contributed by atoms with Gasteiger partial charge in [-0.1, -0.05) is 44.9 Å². The van der Waals surface area contributed by atoms with Crippen molar-refractivity contribution in [3.05, 3.63) is 0 Å². The lowest BCUT2D eigenvalue weighted by molar-refractivity contribution is 0.136. The Morgan fingerprint density at radius 3 is 2.41 bits per heavy atom. The van der Waals surface area contributed by atoms with Crippen molar-refractivity contribution in [3.63, 3.8) is 0 Å². The molecule has 0 amide bonds. The fourth-order valence-electron chi connectivity index (χ4n) is 3.89. The summed E-state index contributed by atoms with van der Waals surface area (Å²) in [7, 11) is 1.79. The highest BCUT2D eigenvalue weighted by atomic mass is 16.5. The lowest BCUT2D eigenvalue weighted by Gasteiger charge is -2.39. The average molecular weight is 239 g/mol. The molecule has 0 spiro atoms. The van der Waals surface area contributed by atoms with Crippen LogP contribution in [0.15, 0.2) is 0 Å². The summed E-state index contributed by atoms with van der Waals surface area (Å²) in [5.41, 5.74) is 0. The lowest BCUT2D eigenvalue weighted by atomic mass is 9.71. The second-order valence-electron chi connectivity index (χ2n) is 5.90. The van der Waals surface area contributed by atoms with Crippen molar-refractivity contribution in [1.82, 2.24) is 5.32 Å². The molecule has 2 nitrogen and oxygen atoms in total. The zero-order valence-electron chi connectivity index (χ0n) is 11.4. The predicted molar refractivity (Wildman–Crippen MR) is 72.2 cm³/mol. The van der Waals surface area contributed by atoms with Gasteiger partial charge in [0, 0.05) is 19.7 Å². The van der Waals surface area contributed by atoms with Crippen molar-refractivity contribution >= 4 is 0 Å². The van der Waals surface area contributed by atoms with Gasteiger partial charge in [-0.05, 0) is 24.7 Å². The van der Waals surface area contributed by atoms with E-state index in [4.69, 9.17) is 4.74 Å². The zero-order valence-corrected chi connectivity index (χ0v) is 11.4. The Balaban J connectivity index is 1.82. The van der Waals surface area contributed by atoms with E-state index < -0.39 is 0 Å². The quantitative estimate of drug-likeness (QED) is 0.743. The van der Waals surface area contributed by atoms with E-state index in [2.05, 4.69) is 5.32 Å². The molecular formula is C15H29NO. The Bertz CT molecular complexity index is 201. The van der Waals surface area contributed by atoms with E-state index in [0.29, 0.717) is 0 Å². The number of ether oxygens (including phenoxy) is 1. The van der Waals surface area contributed by atoms with Gasteiger partial charge in [0.1, 0.15) is 0 Å². The first-order chi connectivity index (χ1) is 8.42. The van der Waals surface area contributed by atoms with Gasteiger partial charge in [0.15, 0.2) is 0 Å². The molecule has 2 aliphatic carbocycles. The molecule has 17 heavy (non-hydrogen) atoms. The maximum atomic E-state index is 5.15. The van der Waals surface area contributed by atoms with Crippen molar-refractivity contribution < 1.29 is 4.74 Å². The van der Waals surface area contributed by atoms with Gasteiger partial charge in [0.2, 0.25) is 0 Å². The molecule has 0 aromatic rings. The molecule has 0 aromatic carbocycles. The van der Waals surface area contributed by atoms with Gasteiger partial charge in [0.05, 0.1) is 6.61 Å². The standard InChI is InChI=1S/C15H29NO/c1-17-12-11-16-15-10-6-5-9-14(15)13-7-3-2-4-8-13/h13-16H,2-12H2,1H3. The molecule has 2 heteroatoms. The van der Waals surface area contributed by atoms with E-state index in [1.54, 1.807) is 7.11 Å². The van der Waals surface area contributed by atoms with Gasteiger partial charge in [-0.3, -0.25) is 0 Å². The Morgan fingerprint density at radius 2 is 1.65 bits per heavy atom. The largest absolute Gasteiger partial charge is 0.383 e. The molecule has 2 unspecified atom stereocenters. The minimum atomic E-state index is 0.780. The SMILES string of the molecule is COCCNC1CCCCC1C1CCCCC1. The van der Waals surface area contributed by atoms with E-state index in [9.17, 15) is 0 Å². The van der Waals surface area contributed by atoms with Crippen LogP contribution in [-0.2, 0) is 4.74 Å². The number of hydrogen-bond acceptors (Lipinski definition) is 2. The smallest absolute Gasteiger partial charge is 0.0587 e. The highest BCUT2D eigenvalue weighted by Crippen LogP contribution is 2.38. The van der Waals surface area contributed by atoms with Crippen molar-refractivity contribution in [1.29, 1.82) is 0 Å². The van der Waals surface area contributed by atoms with Crippen LogP contribution in [-0.4, -0.2) is 26.3 Å². The molecule has 2 aliphatic rings. The molecule has 0 aromatic heterocycles. The van der Waals surface area contributed by atoms with E-state index in [0.717, 1.165) is 31.0 Å². The summed E-state index contributed by atoms with van der Waals surface area (Å²) in [6.07, 6.45) is 13.2. The van der Waals surface area contributed by atoms with Gasteiger partial charge in [-0.15, -0.1) is 0 Å². The first-order valence-electron chi connectivity index (χ1n) is 7.64. The topological polar surface area (TPSA) is 21.3 Å². The first-order valence-corrected chi connectivity index (χ1v) is 7.64. The fraction of sp³-hybridized carbons (Fsp3) is 1.00. The average Bonchev–Trinajstić information content (AvgIpc) is 2.41.